The Balaban J connectivity index is 1.09. The minimum absolute atomic E-state index is 0.000165. The molecule has 0 saturated heterocycles. The van der Waals surface area contributed by atoms with E-state index in [9.17, 15) is 4.79 Å². The number of aromatic nitrogens is 2. The van der Waals surface area contributed by atoms with Crippen molar-refractivity contribution in [1.82, 2.24) is 9.97 Å². The maximum atomic E-state index is 12.7. The zero-order valence-electron chi connectivity index (χ0n) is 18.7. The van der Waals surface area contributed by atoms with Crippen LogP contribution in [0.2, 0.25) is 5.02 Å². The van der Waals surface area contributed by atoms with Gasteiger partial charge in [-0.1, -0.05) is 29.8 Å². The van der Waals surface area contributed by atoms with E-state index >= 15 is 0 Å². The molecule has 1 amide bonds. The van der Waals surface area contributed by atoms with E-state index in [0.29, 0.717) is 17.4 Å². The Morgan fingerprint density at radius 1 is 1.00 bits per heavy atom. The molecule has 2 saturated carbocycles. The van der Waals surface area contributed by atoms with Gasteiger partial charge in [-0.15, -0.1) is 0 Å². The molecule has 6 heteroatoms. The number of halogens is 1. The molecule has 0 spiro atoms. The summed E-state index contributed by atoms with van der Waals surface area (Å²) in [4.78, 5) is 21.7. The lowest BCUT2D eigenvalue weighted by molar-refractivity contribution is -0.117. The number of carbonyl (C=O) groups excluding carboxylic acids is 1. The molecule has 2 fully saturated rings. The van der Waals surface area contributed by atoms with Crippen molar-refractivity contribution in [3.05, 3.63) is 94.8 Å². The van der Waals surface area contributed by atoms with Gasteiger partial charge in [0.1, 0.15) is 5.82 Å². The highest BCUT2D eigenvalue weighted by atomic mass is 35.5. The molecule has 0 aliphatic heterocycles. The first kappa shape index (κ1) is 21.1. The monoisotopic (exact) mass is 468 g/mol. The van der Waals surface area contributed by atoms with Crippen LogP contribution in [-0.2, 0) is 11.3 Å². The molecular weight excluding hydrogens is 444 g/mol. The second-order valence-corrected chi connectivity index (χ2v) is 9.78. The Hall–Kier alpha value is -3.44. The lowest BCUT2D eigenvalue weighted by atomic mass is 10.1. The summed E-state index contributed by atoms with van der Waals surface area (Å²) in [5.74, 6) is 1.47. The second-order valence-electron chi connectivity index (χ2n) is 9.35. The Labute approximate surface area is 203 Å². The summed E-state index contributed by atoms with van der Waals surface area (Å²) in [7, 11) is 0. The van der Waals surface area contributed by atoms with Crippen molar-refractivity contribution in [3.63, 3.8) is 0 Å². The summed E-state index contributed by atoms with van der Waals surface area (Å²) < 4.78 is 0. The molecule has 2 N–H and O–H groups in total. The highest BCUT2D eigenvalue weighted by molar-refractivity contribution is 6.30. The van der Waals surface area contributed by atoms with Crippen LogP contribution in [0.15, 0.2) is 73.1 Å². The number of anilines is 2. The zero-order chi connectivity index (χ0) is 23.1. The number of fused-ring (bicyclic) bond motifs is 1. The summed E-state index contributed by atoms with van der Waals surface area (Å²) in [6, 6.07) is 20.3. The van der Waals surface area contributed by atoms with E-state index in [2.05, 4.69) is 44.9 Å². The first-order valence-electron chi connectivity index (χ1n) is 11.8. The summed E-state index contributed by atoms with van der Waals surface area (Å²) in [6.07, 6.45) is 7.05. The summed E-state index contributed by atoms with van der Waals surface area (Å²) in [5, 5.41) is 8.29. The zero-order valence-corrected chi connectivity index (χ0v) is 19.4. The number of pyridine rings is 2. The van der Waals surface area contributed by atoms with E-state index < -0.39 is 0 Å². The summed E-state index contributed by atoms with van der Waals surface area (Å²) >= 11 is 6.09. The molecule has 0 bridgehead atoms. The van der Waals surface area contributed by atoms with E-state index in [1.165, 1.54) is 23.8 Å². The van der Waals surface area contributed by atoms with Crippen molar-refractivity contribution < 1.29 is 4.79 Å². The van der Waals surface area contributed by atoms with Crippen molar-refractivity contribution in [3.8, 4) is 0 Å². The van der Waals surface area contributed by atoms with Crippen molar-refractivity contribution >= 4 is 39.9 Å². The number of hydrogen-bond donors (Lipinski definition) is 2. The summed E-state index contributed by atoms with van der Waals surface area (Å²) in [5.41, 5.74) is 5.58. The highest BCUT2D eigenvalue weighted by Gasteiger charge is 2.44. The fraction of sp³-hybridized carbons (Fsp3) is 0.250. The van der Waals surface area contributed by atoms with Gasteiger partial charge >= 0.3 is 0 Å². The molecule has 2 aliphatic rings. The highest BCUT2D eigenvalue weighted by Crippen LogP contribution is 2.48. The van der Waals surface area contributed by atoms with Gasteiger partial charge in [0.05, 0.1) is 5.52 Å². The molecule has 6 rings (SSSR count). The average Bonchev–Trinajstić information content (AvgIpc) is 3.76. The van der Waals surface area contributed by atoms with Crippen LogP contribution in [-0.4, -0.2) is 15.9 Å². The van der Waals surface area contributed by atoms with Crippen LogP contribution in [0.1, 0.15) is 47.8 Å². The van der Waals surface area contributed by atoms with Crippen molar-refractivity contribution in [2.75, 3.05) is 10.6 Å². The molecule has 170 valence electrons. The standard InChI is InChI=1S/C28H25ClN4O/c29-22-3-1-2-20(12-22)24-14-25(24)28(34)33-27-13-23(8-9-30-27)31-15-17-10-21-11-19(18-4-5-18)6-7-26(21)32-16-17/h1-3,6-13,16,18,24-25H,4-5,14-15H2,(H2,30,31,33,34)/t24?,25-/m0/s1. The van der Waals surface area contributed by atoms with E-state index in [0.717, 1.165) is 34.7 Å². The number of amides is 1. The largest absolute Gasteiger partial charge is 0.381 e. The van der Waals surface area contributed by atoms with Gasteiger partial charge in [-0.3, -0.25) is 9.78 Å². The minimum Gasteiger partial charge on any atom is -0.381 e. The van der Waals surface area contributed by atoms with Gasteiger partial charge in [-0.05, 0) is 84.2 Å². The van der Waals surface area contributed by atoms with Crippen LogP contribution in [0.4, 0.5) is 11.5 Å². The Morgan fingerprint density at radius 2 is 1.91 bits per heavy atom. The van der Waals surface area contributed by atoms with Crippen LogP contribution in [0, 0.1) is 5.92 Å². The third kappa shape index (κ3) is 4.62. The number of benzene rings is 2. The lowest BCUT2D eigenvalue weighted by Gasteiger charge is -2.10. The minimum atomic E-state index is -0.0407. The molecular formula is C28H25ClN4O. The third-order valence-corrected chi connectivity index (χ3v) is 6.96. The van der Waals surface area contributed by atoms with Gasteiger partial charge < -0.3 is 10.6 Å². The van der Waals surface area contributed by atoms with Gasteiger partial charge in [-0.2, -0.15) is 0 Å². The fourth-order valence-corrected chi connectivity index (χ4v) is 4.78. The first-order chi connectivity index (χ1) is 16.6. The van der Waals surface area contributed by atoms with E-state index in [1.54, 1.807) is 6.20 Å². The predicted octanol–water partition coefficient (Wildman–Crippen LogP) is 6.51. The third-order valence-electron chi connectivity index (χ3n) is 6.72. The maximum Gasteiger partial charge on any atom is 0.229 e. The fourth-order valence-electron chi connectivity index (χ4n) is 4.59. The lowest BCUT2D eigenvalue weighted by Crippen LogP contribution is -2.15. The molecule has 5 nitrogen and oxygen atoms in total. The topological polar surface area (TPSA) is 66.9 Å². The average molecular weight is 469 g/mol. The molecule has 4 aromatic rings. The molecule has 2 atom stereocenters. The number of carbonyl (C=O) groups is 1. The Morgan fingerprint density at radius 3 is 2.76 bits per heavy atom. The molecule has 2 aromatic heterocycles. The van der Waals surface area contributed by atoms with Crippen LogP contribution < -0.4 is 10.6 Å². The number of nitrogens with one attached hydrogen (secondary N) is 2. The molecule has 2 heterocycles. The van der Waals surface area contributed by atoms with Gasteiger partial charge in [0.25, 0.3) is 0 Å². The van der Waals surface area contributed by atoms with Crippen LogP contribution in [0.3, 0.4) is 0 Å². The number of hydrogen-bond acceptors (Lipinski definition) is 4. The Bertz CT molecular complexity index is 1380. The molecule has 2 aliphatic carbocycles. The summed E-state index contributed by atoms with van der Waals surface area (Å²) in [6.45, 7) is 0.646. The van der Waals surface area contributed by atoms with E-state index in [4.69, 9.17) is 11.6 Å². The van der Waals surface area contributed by atoms with Crippen molar-refractivity contribution in [1.29, 1.82) is 0 Å². The van der Waals surface area contributed by atoms with Crippen molar-refractivity contribution in [2.24, 2.45) is 5.92 Å². The first-order valence-corrected chi connectivity index (χ1v) is 12.1. The van der Waals surface area contributed by atoms with Crippen LogP contribution >= 0.6 is 11.6 Å². The molecule has 2 aromatic carbocycles. The van der Waals surface area contributed by atoms with Gasteiger partial charge in [0.2, 0.25) is 5.91 Å². The van der Waals surface area contributed by atoms with E-state index in [-0.39, 0.29) is 17.7 Å². The van der Waals surface area contributed by atoms with Gasteiger partial charge in [0.15, 0.2) is 0 Å². The smallest absolute Gasteiger partial charge is 0.229 e. The predicted molar refractivity (Wildman–Crippen MR) is 136 cm³/mol. The maximum absolute atomic E-state index is 12.7. The second kappa shape index (κ2) is 8.73. The van der Waals surface area contributed by atoms with Crippen LogP contribution in [0.5, 0.6) is 0 Å². The molecule has 1 unspecified atom stereocenters. The SMILES string of the molecule is O=C(Nc1cc(NCc2cnc3ccc(C4CC4)cc3c2)ccn1)[C@H]1CC1c1cccc(Cl)c1. The van der Waals surface area contributed by atoms with Crippen LogP contribution in [0.25, 0.3) is 10.9 Å². The number of rotatable bonds is 7. The molecule has 34 heavy (non-hydrogen) atoms. The Kier molecular flexibility index (Phi) is 5.42. The normalized spacial score (nSPS) is 19.1. The van der Waals surface area contributed by atoms with Gasteiger partial charge in [0, 0.05) is 47.0 Å². The quantitative estimate of drug-likeness (QED) is 0.324. The van der Waals surface area contributed by atoms with Crippen molar-refractivity contribution in [2.45, 2.75) is 37.6 Å². The number of nitrogens with zero attached hydrogens (tertiary/aromatic N) is 2. The van der Waals surface area contributed by atoms with Gasteiger partial charge in [-0.25, -0.2) is 4.98 Å². The van der Waals surface area contributed by atoms with E-state index in [1.807, 2.05) is 42.6 Å². The molecule has 0 radical (unpaired) electrons.